The zero-order valence-electron chi connectivity index (χ0n) is 19.8. The second-order valence-electron chi connectivity index (χ2n) is 8.33. The zero-order chi connectivity index (χ0) is 25.9. The van der Waals surface area contributed by atoms with Crippen molar-refractivity contribution in [2.24, 2.45) is 0 Å². The average Bonchev–Trinajstić information content (AvgIpc) is 3.50. The second kappa shape index (κ2) is 10.6. The van der Waals surface area contributed by atoms with E-state index in [1.54, 1.807) is 48.0 Å². The summed E-state index contributed by atoms with van der Waals surface area (Å²) >= 11 is 2.66. The molecule has 0 aliphatic heterocycles. The molecular weight excluding hydrogens is 539 g/mol. The molecule has 4 rings (SSSR count). The molecule has 0 atom stereocenters. The van der Waals surface area contributed by atoms with Gasteiger partial charge in [0.05, 0.1) is 27.0 Å². The Balaban J connectivity index is 1.68. The molecule has 190 valence electrons. The van der Waals surface area contributed by atoms with Gasteiger partial charge in [-0.25, -0.2) is 31.8 Å². The number of aromatic nitrogens is 3. The van der Waals surface area contributed by atoms with Gasteiger partial charge in [-0.05, 0) is 29.6 Å². The average molecular weight is 564 g/mol. The van der Waals surface area contributed by atoms with Crippen LogP contribution in [0, 0.1) is 0 Å². The Bertz CT molecular complexity index is 1560. The van der Waals surface area contributed by atoms with E-state index in [1.807, 2.05) is 6.07 Å². The van der Waals surface area contributed by atoms with Crippen molar-refractivity contribution in [2.75, 3.05) is 28.6 Å². The second-order valence-corrected chi connectivity index (χ2v) is 14.5. The number of hydrogen-bond donors (Lipinski definition) is 2. The topological polar surface area (TPSA) is 131 Å². The van der Waals surface area contributed by atoms with Crippen molar-refractivity contribution in [3.63, 3.8) is 0 Å². The van der Waals surface area contributed by atoms with E-state index >= 15 is 0 Å². The lowest BCUT2D eigenvalue weighted by atomic mass is 10.1. The molecule has 3 aromatic heterocycles. The SMILES string of the molecule is CC(C)c1nc(-c2cccc(NS(=O)(=O)c3cccs3)c2)c(-c2ccnc(NCCS(C)(=O)=O)n2)s1. The van der Waals surface area contributed by atoms with Gasteiger partial charge in [-0.2, -0.15) is 0 Å². The highest BCUT2D eigenvalue weighted by molar-refractivity contribution is 7.94. The molecule has 0 radical (unpaired) electrons. The van der Waals surface area contributed by atoms with Crippen molar-refractivity contribution < 1.29 is 16.8 Å². The van der Waals surface area contributed by atoms with Gasteiger partial charge < -0.3 is 5.32 Å². The Morgan fingerprint density at radius 2 is 1.83 bits per heavy atom. The van der Waals surface area contributed by atoms with Crippen molar-refractivity contribution in [3.8, 4) is 21.8 Å². The van der Waals surface area contributed by atoms with E-state index in [4.69, 9.17) is 4.98 Å². The smallest absolute Gasteiger partial charge is 0.271 e. The molecule has 2 N–H and O–H groups in total. The van der Waals surface area contributed by atoms with Crippen LogP contribution < -0.4 is 10.0 Å². The van der Waals surface area contributed by atoms with Crippen molar-refractivity contribution >= 4 is 54.2 Å². The Morgan fingerprint density at radius 3 is 2.53 bits per heavy atom. The first-order valence-corrected chi connectivity index (χ1v) is 16.2. The van der Waals surface area contributed by atoms with Crippen LogP contribution in [0.4, 0.5) is 11.6 Å². The van der Waals surface area contributed by atoms with Crippen molar-refractivity contribution in [1.29, 1.82) is 0 Å². The molecule has 0 fully saturated rings. The number of benzene rings is 1. The van der Waals surface area contributed by atoms with Crippen molar-refractivity contribution in [1.82, 2.24) is 15.0 Å². The summed E-state index contributed by atoms with van der Waals surface area (Å²) in [5, 5.41) is 5.58. The van der Waals surface area contributed by atoms with Gasteiger partial charge in [0.1, 0.15) is 14.0 Å². The molecule has 36 heavy (non-hydrogen) atoms. The van der Waals surface area contributed by atoms with Gasteiger partial charge in [-0.15, -0.1) is 22.7 Å². The van der Waals surface area contributed by atoms with Gasteiger partial charge in [0.15, 0.2) is 0 Å². The first-order chi connectivity index (χ1) is 17.0. The fraction of sp³-hybridized carbons (Fsp3) is 0.261. The number of anilines is 2. The fourth-order valence-electron chi connectivity index (χ4n) is 3.22. The maximum Gasteiger partial charge on any atom is 0.271 e. The van der Waals surface area contributed by atoms with Crippen LogP contribution in [-0.2, 0) is 19.9 Å². The van der Waals surface area contributed by atoms with Gasteiger partial charge in [0.25, 0.3) is 10.0 Å². The molecule has 0 aliphatic rings. The quantitative estimate of drug-likeness (QED) is 0.284. The lowest BCUT2D eigenvalue weighted by Gasteiger charge is -2.09. The summed E-state index contributed by atoms with van der Waals surface area (Å²) < 4.78 is 51.1. The summed E-state index contributed by atoms with van der Waals surface area (Å²) in [5.74, 6) is 0.467. The summed E-state index contributed by atoms with van der Waals surface area (Å²) in [5.41, 5.74) is 2.49. The lowest BCUT2D eigenvalue weighted by Crippen LogP contribution is -2.15. The molecule has 0 saturated heterocycles. The first kappa shape index (κ1) is 26.2. The van der Waals surface area contributed by atoms with Crippen LogP contribution in [0.5, 0.6) is 0 Å². The summed E-state index contributed by atoms with van der Waals surface area (Å²) in [6, 6.07) is 12.1. The van der Waals surface area contributed by atoms with Crippen molar-refractivity contribution in [2.45, 2.75) is 24.0 Å². The molecule has 13 heteroatoms. The Labute approximate surface area is 218 Å². The number of sulfonamides is 1. The van der Waals surface area contributed by atoms with Gasteiger partial charge in [-0.3, -0.25) is 4.72 Å². The molecule has 0 saturated carbocycles. The lowest BCUT2D eigenvalue weighted by molar-refractivity contribution is 0.601. The number of nitrogens with zero attached hydrogens (tertiary/aromatic N) is 3. The van der Waals surface area contributed by atoms with Crippen LogP contribution >= 0.6 is 22.7 Å². The largest absolute Gasteiger partial charge is 0.353 e. The fourth-order valence-corrected chi connectivity index (χ4v) is 6.80. The molecule has 0 amide bonds. The number of nitrogens with one attached hydrogen (secondary N) is 2. The number of hydrogen-bond acceptors (Lipinski definition) is 10. The third-order valence-corrected chi connectivity index (χ3v) is 10.0. The zero-order valence-corrected chi connectivity index (χ0v) is 23.1. The molecule has 9 nitrogen and oxygen atoms in total. The highest BCUT2D eigenvalue weighted by atomic mass is 32.2. The molecule has 1 aromatic carbocycles. The molecule has 4 aromatic rings. The first-order valence-electron chi connectivity index (χ1n) is 10.9. The maximum atomic E-state index is 12.7. The molecule has 0 aliphatic carbocycles. The Hall–Kier alpha value is -2.87. The molecule has 0 unspecified atom stereocenters. The van der Waals surface area contributed by atoms with E-state index in [2.05, 4.69) is 33.9 Å². The Morgan fingerprint density at radius 1 is 1.03 bits per heavy atom. The van der Waals surface area contributed by atoms with E-state index in [0.717, 1.165) is 26.8 Å². The van der Waals surface area contributed by atoms with E-state index in [-0.39, 0.29) is 22.4 Å². The van der Waals surface area contributed by atoms with Crippen molar-refractivity contribution in [3.05, 3.63) is 59.0 Å². The summed E-state index contributed by atoms with van der Waals surface area (Å²) in [7, 11) is -6.80. The van der Waals surface area contributed by atoms with E-state index in [1.165, 1.54) is 17.6 Å². The summed E-state index contributed by atoms with van der Waals surface area (Å²) in [4.78, 5) is 14.4. The molecule has 0 spiro atoms. The molecule has 0 bridgehead atoms. The van der Waals surface area contributed by atoms with Crippen LogP contribution in [0.2, 0.25) is 0 Å². The van der Waals surface area contributed by atoms with Gasteiger partial charge in [-0.1, -0.05) is 32.0 Å². The van der Waals surface area contributed by atoms with E-state index in [9.17, 15) is 16.8 Å². The highest BCUT2D eigenvalue weighted by Crippen LogP contribution is 2.39. The van der Waals surface area contributed by atoms with Gasteiger partial charge >= 0.3 is 0 Å². The summed E-state index contributed by atoms with van der Waals surface area (Å²) in [6.45, 7) is 4.30. The van der Waals surface area contributed by atoms with Crippen LogP contribution in [0.15, 0.2) is 58.3 Å². The minimum absolute atomic E-state index is 0.0297. The monoisotopic (exact) mass is 563 g/mol. The number of thiophene rings is 1. The summed E-state index contributed by atoms with van der Waals surface area (Å²) in [6.07, 6.45) is 2.78. The normalized spacial score (nSPS) is 12.1. The van der Waals surface area contributed by atoms with Gasteiger partial charge in [0, 0.05) is 36.2 Å². The van der Waals surface area contributed by atoms with Gasteiger partial charge in [0.2, 0.25) is 5.95 Å². The van der Waals surface area contributed by atoms with Crippen LogP contribution in [-0.4, -0.2) is 50.3 Å². The standard InChI is InChI=1S/C23H25N5O4S4/c1-15(2)22-27-20(16-6-4-7-17(14-16)28-36(31,32)19-8-5-12-33-19)21(34-22)18-9-10-24-23(26-18)25-11-13-35(3,29)30/h4-10,12,14-15,28H,11,13H2,1-3H3,(H,24,25,26). The number of rotatable bonds is 10. The highest BCUT2D eigenvalue weighted by Gasteiger charge is 2.20. The molecular formula is C23H25N5O4S4. The van der Waals surface area contributed by atoms with Crippen LogP contribution in [0.25, 0.3) is 21.8 Å². The number of thiazole rings is 1. The predicted octanol–water partition coefficient (Wildman–Crippen LogP) is 4.71. The van der Waals surface area contributed by atoms with E-state index in [0.29, 0.717) is 23.0 Å². The minimum atomic E-state index is -3.69. The van der Waals surface area contributed by atoms with Crippen LogP contribution in [0.3, 0.4) is 0 Å². The maximum absolute atomic E-state index is 12.7. The van der Waals surface area contributed by atoms with Crippen LogP contribution in [0.1, 0.15) is 24.8 Å². The molecule has 3 heterocycles. The van der Waals surface area contributed by atoms with E-state index < -0.39 is 19.9 Å². The minimum Gasteiger partial charge on any atom is -0.353 e. The third kappa shape index (κ3) is 6.46. The number of sulfone groups is 1. The Kier molecular flexibility index (Phi) is 7.73. The third-order valence-electron chi connectivity index (χ3n) is 4.93. The predicted molar refractivity (Wildman–Crippen MR) is 146 cm³/mol.